The third kappa shape index (κ3) is 4.80. The number of thiocarbonyl (C=S) groups is 1. The van der Waals surface area contributed by atoms with Crippen LogP contribution < -0.4 is 10.7 Å². The summed E-state index contributed by atoms with van der Waals surface area (Å²) in [5, 5.41) is 17.1. The molecular weight excluding hydrogens is 418 g/mol. The van der Waals surface area contributed by atoms with Crippen molar-refractivity contribution in [3.05, 3.63) is 57.0 Å². The summed E-state index contributed by atoms with van der Waals surface area (Å²) < 4.78 is 1.17. The Hall–Kier alpha value is -1.44. The SMILES string of the molecule is Oc1c(Br)cc(C=NNC(=S)Nc2ccccc2)cc1Br. The van der Waals surface area contributed by atoms with E-state index in [9.17, 15) is 5.11 Å². The van der Waals surface area contributed by atoms with E-state index in [2.05, 4.69) is 47.7 Å². The van der Waals surface area contributed by atoms with Gasteiger partial charge < -0.3 is 10.4 Å². The monoisotopic (exact) mass is 427 g/mol. The molecular formula is C14H11Br2N3OS. The Balaban J connectivity index is 1.95. The molecule has 0 bridgehead atoms. The number of benzene rings is 2. The molecule has 0 heterocycles. The first kappa shape index (κ1) is 15.9. The first-order valence-corrected chi connectivity index (χ1v) is 7.89. The molecule has 0 aliphatic heterocycles. The van der Waals surface area contributed by atoms with Crippen molar-refractivity contribution < 1.29 is 5.11 Å². The van der Waals surface area contributed by atoms with Crippen molar-refractivity contribution in [2.45, 2.75) is 0 Å². The Labute approximate surface area is 144 Å². The predicted octanol–water partition coefficient (Wildman–Crippen LogP) is 4.24. The summed E-state index contributed by atoms with van der Waals surface area (Å²) in [6, 6.07) is 13.1. The second-order valence-corrected chi connectivity index (χ2v) is 6.14. The van der Waals surface area contributed by atoms with Gasteiger partial charge in [0.1, 0.15) is 5.75 Å². The van der Waals surface area contributed by atoms with Crippen molar-refractivity contribution in [2.24, 2.45) is 5.10 Å². The van der Waals surface area contributed by atoms with Crippen LogP contribution in [0.3, 0.4) is 0 Å². The number of aromatic hydroxyl groups is 1. The number of nitrogens with zero attached hydrogens (tertiary/aromatic N) is 1. The number of nitrogens with one attached hydrogen (secondary N) is 2. The maximum absolute atomic E-state index is 9.62. The first-order chi connectivity index (χ1) is 10.1. The van der Waals surface area contributed by atoms with E-state index in [1.54, 1.807) is 18.3 Å². The second-order valence-electron chi connectivity index (χ2n) is 4.02. The van der Waals surface area contributed by atoms with Crippen LogP contribution in [0, 0.1) is 0 Å². The molecule has 0 saturated carbocycles. The van der Waals surface area contributed by atoms with E-state index in [0.29, 0.717) is 14.1 Å². The molecule has 2 rings (SSSR count). The second kappa shape index (κ2) is 7.53. The van der Waals surface area contributed by atoms with Crippen LogP contribution in [0.1, 0.15) is 5.56 Å². The van der Waals surface area contributed by atoms with Crippen LogP contribution in [0.15, 0.2) is 56.5 Å². The van der Waals surface area contributed by atoms with E-state index in [0.717, 1.165) is 11.3 Å². The molecule has 0 unspecified atom stereocenters. The normalized spacial score (nSPS) is 10.6. The van der Waals surface area contributed by atoms with Gasteiger partial charge >= 0.3 is 0 Å². The van der Waals surface area contributed by atoms with Crippen LogP contribution in [0.4, 0.5) is 5.69 Å². The summed E-state index contributed by atoms with van der Waals surface area (Å²) in [5.41, 5.74) is 4.43. The molecule has 0 aliphatic carbocycles. The molecule has 0 atom stereocenters. The van der Waals surface area contributed by atoms with Gasteiger partial charge in [-0.25, -0.2) is 0 Å². The molecule has 7 heteroatoms. The summed E-state index contributed by atoms with van der Waals surface area (Å²) in [7, 11) is 0. The van der Waals surface area contributed by atoms with Gasteiger partial charge in [-0.05, 0) is 73.9 Å². The highest BCUT2D eigenvalue weighted by Crippen LogP contribution is 2.32. The zero-order valence-corrected chi connectivity index (χ0v) is 14.7. The fourth-order valence-electron chi connectivity index (χ4n) is 1.51. The summed E-state index contributed by atoms with van der Waals surface area (Å²) in [4.78, 5) is 0. The lowest BCUT2D eigenvalue weighted by Gasteiger charge is -2.06. The Morgan fingerprint density at radius 2 is 1.76 bits per heavy atom. The number of anilines is 1. The van der Waals surface area contributed by atoms with Crippen molar-refractivity contribution >= 4 is 61.1 Å². The van der Waals surface area contributed by atoms with Crippen LogP contribution in [0.2, 0.25) is 0 Å². The third-order valence-corrected chi connectivity index (χ3v) is 3.85. The van der Waals surface area contributed by atoms with Gasteiger partial charge in [0.25, 0.3) is 0 Å². The Morgan fingerprint density at radius 3 is 2.38 bits per heavy atom. The van der Waals surface area contributed by atoms with Crippen molar-refractivity contribution in [3.63, 3.8) is 0 Å². The zero-order valence-electron chi connectivity index (χ0n) is 10.7. The van der Waals surface area contributed by atoms with E-state index in [1.807, 2.05) is 30.3 Å². The minimum atomic E-state index is 0.154. The molecule has 4 nitrogen and oxygen atoms in total. The molecule has 0 spiro atoms. The lowest BCUT2D eigenvalue weighted by atomic mass is 10.2. The predicted molar refractivity (Wildman–Crippen MR) is 96.9 cm³/mol. The molecule has 2 aromatic carbocycles. The summed E-state index contributed by atoms with van der Waals surface area (Å²) >= 11 is 11.7. The van der Waals surface area contributed by atoms with Crippen molar-refractivity contribution in [2.75, 3.05) is 5.32 Å². The van der Waals surface area contributed by atoms with Crippen LogP contribution in [-0.4, -0.2) is 16.4 Å². The number of para-hydroxylation sites is 1. The van der Waals surface area contributed by atoms with Crippen molar-refractivity contribution in [3.8, 4) is 5.75 Å². The van der Waals surface area contributed by atoms with Crippen molar-refractivity contribution in [1.29, 1.82) is 0 Å². The molecule has 0 aliphatic rings. The molecule has 0 radical (unpaired) electrons. The van der Waals surface area contributed by atoms with Crippen LogP contribution in [0.5, 0.6) is 5.75 Å². The van der Waals surface area contributed by atoms with Crippen LogP contribution in [-0.2, 0) is 0 Å². The molecule has 2 aromatic rings. The Bertz CT molecular complexity index is 654. The maximum Gasteiger partial charge on any atom is 0.191 e. The first-order valence-electron chi connectivity index (χ1n) is 5.89. The highest BCUT2D eigenvalue weighted by molar-refractivity contribution is 9.11. The summed E-state index contributed by atoms with van der Waals surface area (Å²) in [5.74, 6) is 0.154. The van der Waals surface area contributed by atoms with Gasteiger partial charge in [0.15, 0.2) is 5.11 Å². The topological polar surface area (TPSA) is 56.7 Å². The van der Waals surface area contributed by atoms with Crippen LogP contribution >= 0.6 is 44.1 Å². The summed E-state index contributed by atoms with van der Waals surface area (Å²) in [6.07, 6.45) is 1.61. The molecule has 0 fully saturated rings. The van der Waals surface area contributed by atoms with Crippen LogP contribution in [0.25, 0.3) is 0 Å². The number of halogens is 2. The number of hydrazone groups is 1. The van der Waals surface area contributed by atoms with Crippen molar-refractivity contribution in [1.82, 2.24) is 5.43 Å². The maximum atomic E-state index is 9.62. The lowest BCUT2D eigenvalue weighted by Crippen LogP contribution is -2.23. The quantitative estimate of drug-likeness (QED) is 0.388. The van der Waals surface area contributed by atoms with Gasteiger partial charge in [-0.2, -0.15) is 5.10 Å². The number of hydrogen-bond acceptors (Lipinski definition) is 3. The third-order valence-electron chi connectivity index (χ3n) is 2.45. The van der Waals surface area contributed by atoms with E-state index in [4.69, 9.17) is 12.2 Å². The molecule has 21 heavy (non-hydrogen) atoms. The summed E-state index contributed by atoms with van der Waals surface area (Å²) in [6.45, 7) is 0. The standard InChI is InChI=1S/C14H11Br2N3OS/c15-11-6-9(7-12(16)13(11)20)8-17-19-14(21)18-10-4-2-1-3-5-10/h1-8,20H,(H2,18,19,21). The molecule has 0 saturated heterocycles. The van der Waals surface area contributed by atoms with Gasteiger partial charge in [-0.1, -0.05) is 18.2 Å². The van der Waals surface area contributed by atoms with E-state index in [-0.39, 0.29) is 5.75 Å². The molecule has 0 aromatic heterocycles. The van der Waals surface area contributed by atoms with E-state index < -0.39 is 0 Å². The van der Waals surface area contributed by atoms with Gasteiger partial charge in [0.2, 0.25) is 0 Å². The molecule has 108 valence electrons. The molecule has 3 N–H and O–H groups in total. The zero-order chi connectivity index (χ0) is 15.2. The van der Waals surface area contributed by atoms with Gasteiger partial charge in [-0.15, -0.1) is 0 Å². The lowest BCUT2D eigenvalue weighted by molar-refractivity contribution is 0.468. The fraction of sp³-hybridized carbons (Fsp3) is 0. The minimum Gasteiger partial charge on any atom is -0.506 e. The Morgan fingerprint density at radius 1 is 1.14 bits per heavy atom. The number of rotatable bonds is 3. The van der Waals surface area contributed by atoms with Gasteiger partial charge in [0.05, 0.1) is 15.2 Å². The van der Waals surface area contributed by atoms with E-state index >= 15 is 0 Å². The molecule has 0 amide bonds. The van der Waals surface area contributed by atoms with Gasteiger partial charge in [0, 0.05) is 5.69 Å². The number of phenols is 1. The average Bonchev–Trinajstić information content (AvgIpc) is 2.45. The minimum absolute atomic E-state index is 0.154. The largest absolute Gasteiger partial charge is 0.506 e. The highest BCUT2D eigenvalue weighted by atomic mass is 79.9. The Kier molecular flexibility index (Phi) is 5.72. The number of hydrogen-bond donors (Lipinski definition) is 3. The number of phenolic OH excluding ortho intramolecular Hbond substituents is 1. The van der Waals surface area contributed by atoms with E-state index in [1.165, 1.54) is 0 Å². The average molecular weight is 429 g/mol. The highest BCUT2D eigenvalue weighted by Gasteiger charge is 2.04. The smallest absolute Gasteiger partial charge is 0.191 e. The van der Waals surface area contributed by atoms with Gasteiger partial charge in [-0.3, -0.25) is 5.43 Å². The fourth-order valence-corrected chi connectivity index (χ4v) is 2.90.